The van der Waals surface area contributed by atoms with E-state index in [2.05, 4.69) is 15.3 Å². The molecule has 0 bridgehead atoms. The Kier molecular flexibility index (Phi) is 5.50. The topological polar surface area (TPSA) is 93.6 Å². The predicted molar refractivity (Wildman–Crippen MR) is 97.0 cm³/mol. The van der Waals surface area contributed by atoms with Crippen LogP contribution in [-0.2, 0) is 0 Å². The number of amides is 1. The molecule has 2 aromatic heterocycles. The number of hydrogen-bond acceptors (Lipinski definition) is 6. The second kappa shape index (κ2) is 7.99. The molecule has 2 heterocycles. The number of ether oxygens (including phenoxy) is 2. The van der Waals surface area contributed by atoms with Crippen molar-refractivity contribution in [3.8, 4) is 17.4 Å². The maximum absolute atomic E-state index is 12.2. The molecule has 0 saturated heterocycles. The van der Waals surface area contributed by atoms with Gasteiger partial charge in [0.1, 0.15) is 23.1 Å². The van der Waals surface area contributed by atoms with E-state index in [0.29, 0.717) is 33.0 Å². The first-order chi connectivity index (χ1) is 12.6. The highest BCUT2D eigenvalue weighted by Gasteiger charge is 2.16. The molecule has 0 aliphatic rings. The number of benzene rings is 1. The molecule has 8 heteroatoms. The van der Waals surface area contributed by atoms with Crippen molar-refractivity contribution in [1.82, 2.24) is 15.3 Å². The lowest BCUT2D eigenvalue weighted by atomic mass is 10.1. The van der Waals surface area contributed by atoms with E-state index >= 15 is 0 Å². The maximum Gasteiger partial charge on any atom is 0.254 e. The highest BCUT2D eigenvalue weighted by molar-refractivity contribution is 6.31. The Morgan fingerprint density at radius 3 is 2.81 bits per heavy atom. The molecule has 0 atom stereocenters. The van der Waals surface area contributed by atoms with Gasteiger partial charge in [0.15, 0.2) is 0 Å². The molecule has 7 nitrogen and oxygen atoms in total. The summed E-state index contributed by atoms with van der Waals surface area (Å²) in [5.74, 6) is 0.704. The van der Waals surface area contributed by atoms with Gasteiger partial charge >= 0.3 is 0 Å². The van der Waals surface area contributed by atoms with Crippen molar-refractivity contribution in [2.24, 2.45) is 0 Å². The van der Waals surface area contributed by atoms with Crippen molar-refractivity contribution in [1.29, 1.82) is 0 Å². The van der Waals surface area contributed by atoms with Crippen molar-refractivity contribution >= 4 is 28.4 Å². The monoisotopic (exact) mass is 373 g/mol. The van der Waals surface area contributed by atoms with Crippen molar-refractivity contribution in [3.63, 3.8) is 0 Å². The number of aliphatic hydroxyl groups excluding tert-OH is 1. The fourth-order valence-corrected chi connectivity index (χ4v) is 2.53. The van der Waals surface area contributed by atoms with Gasteiger partial charge in [0.2, 0.25) is 5.88 Å². The number of aromatic nitrogens is 2. The van der Waals surface area contributed by atoms with E-state index in [1.807, 2.05) is 0 Å². The van der Waals surface area contributed by atoms with E-state index in [1.54, 1.807) is 42.7 Å². The van der Waals surface area contributed by atoms with Gasteiger partial charge in [0, 0.05) is 30.9 Å². The third-order valence-electron chi connectivity index (χ3n) is 3.55. The first kappa shape index (κ1) is 17.9. The minimum Gasteiger partial charge on any atom is -0.490 e. The zero-order valence-corrected chi connectivity index (χ0v) is 14.7. The van der Waals surface area contributed by atoms with Crippen LogP contribution < -0.4 is 14.8 Å². The summed E-state index contributed by atoms with van der Waals surface area (Å²) in [6.45, 7) is -0.102. The molecular weight excluding hydrogens is 358 g/mol. The summed E-state index contributed by atoms with van der Waals surface area (Å²) in [6, 6.07) is 8.29. The van der Waals surface area contributed by atoms with Gasteiger partial charge in [-0.1, -0.05) is 11.6 Å². The standard InChI is InChI=1S/C18H16ClN3O4/c1-20-17(24)12-9-11-14(10-16(12)25-8-7-23)21-6-4-15(11)26-18-13(19)3-2-5-22-18/h2-6,9-10,23H,7-8H2,1H3,(H,20,24). The first-order valence-corrected chi connectivity index (χ1v) is 8.18. The highest BCUT2D eigenvalue weighted by atomic mass is 35.5. The van der Waals surface area contributed by atoms with Gasteiger partial charge in [0.05, 0.1) is 17.7 Å². The Balaban J connectivity index is 2.10. The Hall–Kier alpha value is -2.90. The van der Waals surface area contributed by atoms with E-state index in [1.165, 1.54) is 7.05 Å². The molecule has 26 heavy (non-hydrogen) atoms. The van der Waals surface area contributed by atoms with Crippen molar-refractivity contribution in [2.45, 2.75) is 0 Å². The number of pyridine rings is 2. The maximum atomic E-state index is 12.2. The van der Waals surface area contributed by atoms with Crippen LogP contribution in [0, 0.1) is 0 Å². The molecule has 0 aliphatic heterocycles. The number of aliphatic hydroxyl groups is 1. The smallest absolute Gasteiger partial charge is 0.254 e. The average Bonchev–Trinajstić information content (AvgIpc) is 2.67. The van der Waals surface area contributed by atoms with Gasteiger partial charge < -0.3 is 19.9 Å². The lowest BCUT2D eigenvalue weighted by Gasteiger charge is -2.13. The van der Waals surface area contributed by atoms with Gasteiger partial charge in [0.25, 0.3) is 5.91 Å². The van der Waals surface area contributed by atoms with Crippen LogP contribution in [0.3, 0.4) is 0 Å². The Morgan fingerprint density at radius 2 is 2.08 bits per heavy atom. The minimum atomic E-state index is -0.328. The van der Waals surface area contributed by atoms with Crippen LogP contribution in [0.4, 0.5) is 0 Å². The molecule has 0 unspecified atom stereocenters. The molecule has 1 amide bonds. The Labute approximate surface area is 154 Å². The van der Waals surface area contributed by atoms with Crippen LogP contribution in [-0.4, -0.2) is 41.2 Å². The summed E-state index contributed by atoms with van der Waals surface area (Å²) >= 11 is 6.10. The normalized spacial score (nSPS) is 10.6. The summed E-state index contributed by atoms with van der Waals surface area (Å²) in [7, 11) is 1.52. The van der Waals surface area contributed by atoms with Crippen LogP contribution in [0.5, 0.6) is 17.4 Å². The highest BCUT2D eigenvalue weighted by Crippen LogP contribution is 2.34. The minimum absolute atomic E-state index is 0.0647. The average molecular weight is 374 g/mol. The zero-order valence-electron chi connectivity index (χ0n) is 13.9. The quantitative estimate of drug-likeness (QED) is 0.690. The van der Waals surface area contributed by atoms with Crippen LogP contribution in [0.1, 0.15) is 10.4 Å². The van der Waals surface area contributed by atoms with Crippen LogP contribution >= 0.6 is 11.6 Å². The summed E-state index contributed by atoms with van der Waals surface area (Å²) in [6.07, 6.45) is 3.14. The van der Waals surface area contributed by atoms with Crippen molar-refractivity contribution in [2.75, 3.05) is 20.3 Å². The number of rotatable bonds is 6. The first-order valence-electron chi connectivity index (χ1n) is 7.81. The largest absolute Gasteiger partial charge is 0.490 e. The van der Waals surface area contributed by atoms with Crippen LogP contribution in [0.2, 0.25) is 5.02 Å². The number of nitrogens with zero attached hydrogens (tertiary/aromatic N) is 2. The van der Waals surface area contributed by atoms with Crippen LogP contribution in [0.15, 0.2) is 42.7 Å². The third-order valence-corrected chi connectivity index (χ3v) is 3.84. The number of halogens is 1. The Bertz CT molecular complexity index is 949. The summed E-state index contributed by atoms with van der Waals surface area (Å²) < 4.78 is 11.3. The molecule has 0 spiro atoms. The summed E-state index contributed by atoms with van der Waals surface area (Å²) in [5.41, 5.74) is 0.869. The molecular formula is C18H16ClN3O4. The molecule has 1 aromatic carbocycles. The van der Waals surface area contributed by atoms with Crippen LogP contribution in [0.25, 0.3) is 10.9 Å². The lowest BCUT2D eigenvalue weighted by Crippen LogP contribution is -2.19. The van der Waals surface area contributed by atoms with Gasteiger partial charge in [-0.2, -0.15) is 0 Å². The van der Waals surface area contributed by atoms with E-state index in [9.17, 15) is 4.79 Å². The summed E-state index contributed by atoms with van der Waals surface area (Å²) in [4.78, 5) is 20.6. The van der Waals surface area contributed by atoms with Crippen molar-refractivity contribution in [3.05, 3.63) is 53.3 Å². The molecule has 0 saturated carbocycles. The number of hydrogen-bond donors (Lipinski definition) is 2. The molecule has 3 rings (SSSR count). The van der Waals surface area contributed by atoms with E-state index in [-0.39, 0.29) is 25.0 Å². The number of carbonyl (C=O) groups is 1. The second-order valence-corrected chi connectivity index (χ2v) is 5.63. The van der Waals surface area contributed by atoms with E-state index in [0.717, 1.165) is 0 Å². The number of fused-ring (bicyclic) bond motifs is 1. The Morgan fingerprint density at radius 1 is 1.23 bits per heavy atom. The molecule has 2 N–H and O–H groups in total. The zero-order chi connectivity index (χ0) is 18.5. The molecule has 0 fully saturated rings. The summed E-state index contributed by atoms with van der Waals surface area (Å²) in [5, 5.41) is 12.5. The van der Waals surface area contributed by atoms with E-state index < -0.39 is 0 Å². The molecule has 0 aliphatic carbocycles. The lowest BCUT2D eigenvalue weighted by molar-refractivity contribution is 0.0957. The predicted octanol–water partition coefficient (Wildman–Crippen LogP) is 2.81. The fraction of sp³-hybridized carbons (Fsp3) is 0.167. The molecule has 0 radical (unpaired) electrons. The van der Waals surface area contributed by atoms with Crippen molar-refractivity contribution < 1.29 is 19.4 Å². The van der Waals surface area contributed by atoms with Gasteiger partial charge in [-0.15, -0.1) is 0 Å². The van der Waals surface area contributed by atoms with Gasteiger partial charge in [-0.25, -0.2) is 4.98 Å². The fourth-order valence-electron chi connectivity index (χ4n) is 2.37. The third kappa shape index (κ3) is 3.68. The van der Waals surface area contributed by atoms with Gasteiger partial charge in [-0.3, -0.25) is 9.78 Å². The molecule has 134 valence electrons. The second-order valence-electron chi connectivity index (χ2n) is 5.22. The van der Waals surface area contributed by atoms with E-state index in [4.69, 9.17) is 26.2 Å². The van der Waals surface area contributed by atoms with Gasteiger partial charge in [-0.05, 0) is 24.3 Å². The SMILES string of the molecule is CNC(=O)c1cc2c(Oc3ncccc3Cl)ccnc2cc1OCCO. The number of nitrogens with one attached hydrogen (secondary N) is 1. The number of carbonyl (C=O) groups excluding carboxylic acids is 1. The molecule has 3 aromatic rings.